The average molecular weight is 384 g/mol. The number of hydrogen-bond donors (Lipinski definition) is 1. The molecule has 1 aliphatic heterocycles. The number of benzene rings is 1. The van der Waals surface area contributed by atoms with Gasteiger partial charge in [0.25, 0.3) is 5.91 Å². The van der Waals surface area contributed by atoms with Gasteiger partial charge in [-0.25, -0.2) is 4.98 Å². The van der Waals surface area contributed by atoms with Crippen molar-refractivity contribution < 1.29 is 9.59 Å². The minimum Gasteiger partial charge on any atom is -0.366 e. The summed E-state index contributed by atoms with van der Waals surface area (Å²) in [5.74, 6) is 0.327. The van der Waals surface area contributed by atoms with Gasteiger partial charge in [0, 0.05) is 30.6 Å². The van der Waals surface area contributed by atoms with Crippen LogP contribution in [0.3, 0.4) is 0 Å². The molecular weight excluding hydrogens is 358 g/mol. The molecule has 0 saturated carbocycles. The Kier molecular flexibility index (Phi) is 6.87. The van der Waals surface area contributed by atoms with Crippen LogP contribution in [-0.2, 0) is 5.75 Å². The summed E-state index contributed by atoms with van der Waals surface area (Å²) in [6.07, 6.45) is 7.52. The zero-order valence-electron chi connectivity index (χ0n) is 15.4. The zero-order chi connectivity index (χ0) is 19.1. The van der Waals surface area contributed by atoms with Gasteiger partial charge in [0.1, 0.15) is 5.03 Å². The van der Waals surface area contributed by atoms with E-state index in [1.807, 2.05) is 29.2 Å². The molecule has 0 radical (unpaired) electrons. The highest BCUT2D eigenvalue weighted by molar-refractivity contribution is 7.98. The van der Waals surface area contributed by atoms with Gasteiger partial charge in [-0.15, -0.1) is 11.8 Å². The first-order valence-electron chi connectivity index (χ1n) is 9.41. The molecule has 27 heavy (non-hydrogen) atoms. The molecule has 0 aliphatic carbocycles. The van der Waals surface area contributed by atoms with Gasteiger partial charge in [-0.05, 0) is 42.7 Å². The number of primary amides is 1. The Balaban J connectivity index is 1.69. The maximum Gasteiger partial charge on any atom is 0.256 e. The number of carbonyl (C=O) groups is 2. The normalized spacial score (nSPS) is 15.0. The lowest BCUT2D eigenvalue weighted by molar-refractivity contribution is 0.0738. The van der Waals surface area contributed by atoms with Crippen LogP contribution in [0.15, 0.2) is 47.6 Å². The summed E-state index contributed by atoms with van der Waals surface area (Å²) in [6, 6.07) is 10.9. The number of aromatic nitrogens is 1. The van der Waals surface area contributed by atoms with E-state index in [2.05, 4.69) is 4.98 Å². The average Bonchev–Trinajstić information content (AvgIpc) is 2.66. The van der Waals surface area contributed by atoms with Gasteiger partial charge in [0.15, 0.2) is 0 Å². The van der Waals surface area contributed by atoms with Crippen molar-refractivity contribution in [3.05, 3.63) is 59.3 Å². The number of hydrogen-bond acceptors (Lipinski definition) is 4. The van der Waals surface area contributed by atoms with Crippen molar-refractivity contribution in [1.29, 1.82) is 0 Å². The predicted molar refractivity (Wildman–Crippen MR) is 108 cm³/mol. The summed E-state index contributed by atoms with van der Waals surface area (Å²) in [5.41, 5.74) is 7.51. The predicted octanol–water partition coefficient (Wildman–Crippen LogP) is 3.88. The van der Waals surface area contributed by atoms with Crippen LogP contribution in [0, 0.1) is 0 Å². The number of nitrogens with two attached hydrogens (primary N) is 1. The molecule has 6 heteroatoms. The number of pyridine rings is 1. The zero-order valence-corrected chi connectivity index (χ0v) is 16.2. The summed E-state index contributed by atoms with van der Waals surface area (Å²) in [5, 5.41) is 0.753. The van der Waals surface area contributed by atoms with E-state index in [9.17, 15) is 9.59 Å². The molecule has 0 atom stereocenters. The highest BCUT2D eigenvalue weighted by Crippen LogP contribution is 2.26. The van der Waals surface area contributed by atoms with Gasteiger partial charge < -0.3 is 10.6 Å². The summed E-state index contributed by atoms with van der Waals surface area (Å²) in [6.45, 7) is 1.65. The lowest BCUT2D eigenvalue weighted by Crippen LogP contribution is -2.34. The van der Waals surface area contributed by atoms with Gasteiger partial charge >= 0.3 is 0 Å². The molecule has 3 rings (SSSR count). The van der Waals surface area contributed by atoms with E-state index in [1.165, 1.54) is 19.3 Å². The van der Waals surface area contributed by atoms with E-state index in [-0.39, 0.29) is 5.91 Å². The molecule has 2 aromatic rings. The van der Waals surface area contributed by atoms with Gasteiger partial charge in [-0.1, -0.05) is 31.4 Å². The number of likely N-dealkylation sites (tertiary alicyclic amines) is 1. The van der Waals surface area contributed by atoms with E-state index >= 15 is 0 Å². The minimum atomic E-state index is -0.430. The van der Waals surface area contributed by atoms with Crippen molar-refractivity contribution >= 4 is 23.6 Å². The highest BCUT2D eigenvalue weighted by atomic mass is 32.2. The Bertz CT molecular complexity index is 784. The second kappa shape index (κ2) is 9.55. The number of carbonyl (C=O) groups excluding carboxylic acids is 2. The van der Waals surface area contributed by atoms with Crippen molar-refractivity contribution in [1.82, 2.24) is 9.88 Å². The summed E-state index contributed by atoms with van der Waals surface area (Å²) in [4.78, 5) is 30.6. The van der Waals surface area contributed by atoms with E-state index in [4.69, 9.17) is 5.73 Å². The first kappa shape index (κ1) is 19.4. The first-order chi connectivity index (χ1) is 13.1. The van der Waals surface area contributed by atoms with Crippen LogP contribution >= 0.6 is 11.8 Å². The number of rotatable bonds is 5. The van der Waals surface area contributed by atoms with Crippen LogP contribution in [0.1, 0.15) is 58.4 Å². The molecule has 1 aromatic heterocycles. The second-order valence-corrected chi connectivity index (χ2v) is 7.73. The maximum atomic E-state index is 13.0. The van der Waals surface area contributed by atoms with Crippen LogP contribution in [0.25, 0.3) is 0 Å². The maximum absolute atomic E-state index is 13.0. The van der Waals surface area contributed by atoms with E-state index < -0.39 is 5.91 Å². The van der Waals surface area contributed by atoms with Crippen molar-refractivity contribution in [2.45, 2.75) is 42.9 Å². The molecule has 0 bridgehead atoms. The van der Waals surface area contributed by atoms with Crippen LogP contribution in [0.5, 0.6) is 0 Å². The Morgan fingerprint density at radius 2 is 1.67 bits per heavy atom. The Labute approximate surface area is 164 Å². The smallest absolute Gasteiger partial charge is 0.256 e. The number of amides is 2. The monoisotopic (exact) mass is 383 g/mol. The standard InChI is InChI=1S/C21H25N3O2S/c22-19(25)17-10-8-16(9-11-17)15-27-20-18(7-6-12-23-20)21(26)24-13-4-2-1-3-5-14-24/h6-12H,1-5,13-15H2,(H2,22,25). The third kappa shape index (κ3) is 5.32. The summed E-state index contributed by atoms with van der Waals surface area (Å²) >= 11 is 1.54. The molecule has 0 spiro atoms. The van der Waals surface area contributed by atoms with Crippen molar-refractivity contribution in [3.8, 4) is 0 Å². The Morgan fingerprint density at radius 1 is 1.00 bits per heavy atom. The fourth-order valence-corrected chi connectivity index (χ4v) is 4.15. The summed E-state index contributed by atoms with van der Waals surface area (Å²) in [7, 11) is 0. The molecule has 2 heterocycles. The molecule has 2 amide bonds. The lowest BCUT2D eigenvalue weighted by atomic mass is 10.1. The van der Waals surface area contributed by atoms with Crippen molar-refractivity contribution in [3.63, 3.8) is 0 Å². The molecule has 2 N–H and O–H groups in total. The van der Waals surface area contributed by atoms with E-state index in [0.29, 0.717) is 16.9 Å². The molecule has 0 unspecified atom stereocenters. The van der Waals surface area contributed by atoms with Gasteiger partial charge in [0.2, 0.25) is 5.91 Å². The van der Waals surface area contributed by atoms with Crippen molar-refractivity contribution in [2.75, 3.05) is 13.1 Å². The highest BCUT2D eigenvalue weighted by Gasteiger charge is 2.20. The topological polar surface area (TPSA) is 76.3 Å². The Hall–Kier alpha value is -2.34. The lowest BCUT2D eigenvalue weighted by Gasteiger charge is -2.25. The third-order valence-electron chi connectivity index (χ3n) is 4.76. The quantitative estimate of drug-likeness (QED) is 0.795. The molecule has 1 fully saturated rings. The van der Waals surface area contributed by atoms with E-state index in [0.717, 1.165) is 36.5 Å². The van der Waals surface area contributed by atoms with Crippen LogP contribution in [0.2, 0.25) is 0 Å². The third-order valence-corrected chi connectivity index (χ3v) is 5.84. The number of thioether (sulfide) groups is 1. The molecule has 1 aliphatic rings. The van der Waals surface area contributed by atoms with Gasteiger partial charge in [-0.2, -0.15) is 0 Å². The summed E-state index contributed by atoms with van der Waals surface area (Å²) < 4.78 is 0. The van der Waals surface area contributed by atoms with Crippen LogP contribution in [-0.4, -0.2) is 34.8 Å². The van der Waals surface area contributed by atoms with Crippen LogP contribution in [0.4, 0.5) is 0 Å². The van der Waals surface area contributed by atoms with Crippen molar-refractivity contribution in [2.24, 2.45) is 5.73 Å². The molecule has 142 valence electrons. The van der Waals surface area contributed by atoms with E-state index in [1.54, 1.807) is 30.1 Å². The van der Waals surface area contributed by atoms with Crippen LogP contribution < -0.4 is 5.73 Å². The molecule has 1 aromatic carbocycles. The second-order valence-electron chi connectivity index (χ2n) is 6.77. The largest absolute Gasteiger partial charge is 0.366 e. The number of nitrogens with zero attached hydrogens (tertiary/aromatic N) is 2. The molecular formula is C21H25N3O2S. The first-order valence-corrected chi connectivity index (χ1v) is 10.4. The SMILES string of the molecule is NC(=O)c1ccc(CSc2ncccc2C(=O)N2CCCCCCC2)cc1. The fourth-order valence-electron chi connectivity index (χ4n) is 3.21. The molecule has 5 nitrogen and oxygen atoms in total. The van der Waals surface area contributed by atoms with Gasteiger partial charge in [0.05, 0.1) is 5.56 Å². The Morgan fingerprint density at radius 3 is 2.33 bits per heavy atom. The fraction of sp³-hybridized carbons (Fsp3) is 0.381. The molecule has 1 saturated heterocycles. The minimum absolute atomic E-state index is 0.0802. The van der Waals surface area contributed by atoms with Gasteiger partial charge in [-0.3, -0.25) is 9.59 Å².